The Labute approximate surface area is 159 Å². The number of hydrogen-bond acceptors (Lipinski definition) is 7. The largest absolute Gasteiger partial charge is 0.333 e. The van der Waals surface area contributed by atoms with E-state index < -0.39 is 37.5 Å². The van der Waals surface area contributed by atoms with Crippen LogP contribution in [-0.4, -0.2) is 21.8 Å². The minimum atomic E-state index is -0.959. The maximum atomic E-state index is 11.4. The minimum absolute atomic E-state index is 0.0215. The molecule has 0 atom stereocenters. The Morgan fingerprint density at radius 2 is 1.23 bits per heavy atom. The molecule has 0 spiro atoms. The summed E-state index contributed by atoms with van der Waals surface area (Å²) in [7, 11) is 1.29. The van der Waals surface area contributed by atoms with Crippen molar-refractivity contribution in [2.75, 3.05) is 11.9 Å². The molecule has 0 unspecified atom stereocenters. The van der Waals surface area contributed by atoms with E-state index in [1.54, 1.807) is 0 Å². The molecule has 0 aromatic heterocycles. The Morgan fingerprint density at radius 3 is 1.58 bits per heavy atom. The van der Waals surface area contributed by atoms with Crippen LogP contribution < -0.4 is 4.90 Å². The van der Waals surface area contributed by atoms with Gasteiger partial charge < -0.3 is 4.90 Å². The van der Waals surface area contributed by atoms with Crippen molar-refractivity contribution in [1.82, 2.24) is 0 Å². The second-order valence-corrected chi connectivity index (χ2v) is 6.08. The number of halogens is 3. The summed E-state index contributed by atoms with van der Waals surface area (Å²) >= 11 is 17.7. The summed E-state index contributed by atoms with van der Waals surface area (Å²) in [5, 5.41) is 33.7. The van der Waals surface area contributed by atoms with Crippen molar-refractivity contribution in [3.8, 4) is 0 Å². The van der Waals surface area contributed by atoms with Crippen LogP contribution in [0, 0.1) is 30.3 Å². The first-order valence-electron chi connectivity index (χ1n) is 6.54. The van der Waals surface area contributed by atoms with Crippen LogP contribution in [-0.2, 0) is 0 Å². The third kappa shape index (κ3) is 3.62. The van der Waals surface area contributed by atoms with E-state index in [-0.39, 0.29) is 20.8 Å². The van der Waals surface area contributed by atoms with Crippen molar-refractivity contribution in [2.24, 2.45) is 0 Å². The Kier molecular flexibility index (Phi) is 5.50. The van der Waals surface area contributed by atoms with Gasteiger partial charge in [-0.05, 0) is 12.1 Å². The molecule has 0 bridgehead atoms. The summed E-state index contributed by atoms with van der Waals surface area (Å²) in [5.41, 5.74) is -2.75. The molecule has 0 radical (unpaired) electrons. The van der Waals surface area contributed by atoms with Gasteiger partial charge >= 0.3 is 11.4 Å². The normalized spacial score (nSPS) is 10.5. The Morgan fingerprint density at radius 1 is 0.808 bits per heavy atom. The van der Waals surface area contributed by atoms with Gasteiger partial charge in [-0.2, -0.15) is 0 Å². The quantitative estimate of drug-likeness (QED) is 0.371. The Balaban J connectivity index is 2.80. The first-order valence-corrected chi connectivity index (χ1v) is 7.67. The first-order chi connectivity index (χ1) is 12.0. The topological polar surface area (TPSA) is 133 Å². The van der Waals surface area contributed by atoms with Gasteiger partial charge in [0.25, 0.3) is 5.69 Å². The van der Waals surface area contributed by atoms with Crippen molar-refractivity contribution in [1.29, 1.82) is 0 Å². The predicted molar refractivity (Wildman–Crippen MR) is 95.9 cm³/mol. The molecule has 0 aliphatic carbocycles. The molecule has 136 valence electrons. The highest BCUT2D eigenvalue weighted by Crippen LogP contribution is 2.44. The van der Waals surface area contributed by atoms with E-state index >= 15 is 0 Å². The van der Waals surface area contributed by atoms with Crippen molar-refractivity contribution in [3.63, 3.8) is 0 Å². The molecule has 2 aromatic carbocycles. The van der Waals surface area contributed by atoms with Crippen LogP contribution in [0.4, 0.5) is 28.4 Å². The highest BCUT2D eigenvalue weighted by atomic mass is 35.5. The fraction of sp³-hybridized carbons (Fsp3) is 0.0769. The van der Waals surface area contributed by atoms with Crippen LogP contribution in [0.2, 0.25) is 15.1 Å². The molecule has 0 amide bonds. The molecule has 2 aromatic rings. The zero-order chi connectivity index (χ0) is 19.8. The zero-order valence-corrected chi connectivity index (χ0v) is 14.9. The monoisotopic (exact) mass is 420 g/mol. The summed E-state index contributed by atoms with van der Waals surface area (Å²) in [4.78, 5) is 31.8. The van der Waals surface area contributed by atoms with Crippen LogP contribution in [0.25, 0.3) is 0 Å². The lowest BCUT2D eigenvalue weighted by Crippen LogP contribution is -2.14. The van der Waals surface area contributed by atoms with E-state index in [4.69, 9.17) is 34.8 Å². The Bertz CT molecular complexity index is 893. The highest BCUT2D eigenvalue weighted by molar-refractivity contribution is 6.48. The number of nitro benzene ring substituents is 3. The van der Waals surface area contributed by atoms with E-state index in [9.17, 15) is 30.3 Å². The highest BCUT2D eigenvalue weighted by Gasteiger charge is 2.33. The lowest BCUT2D eigenvalue weighted by atomic mass is 10.1. The maximum Gasteiger partial charge on any atom is 0.306 e. The van der Waals surface area contributed by atoms with Crippen molar-refractivity contribution in [2.45, 2.75) is 0 Å². The van der Waals surface area contributed by atoms with Crippen molar-refractivity contribution < 1.29 is 14.8 Å². The fourth-order valence-electron chi connectivity index (χ4n) is 2.18. The van der Waals surface area contributed by atoms with E-state index in [1.165, 1.54) is 19.2 Å². The molecule has 0 heterocycles. The van der Waals surface area contributed by atoms with Crippen LogP contribution in [0.15, 0.2) is 24.3 Å². The Hall–Kier alpha value is -2.69. The van der Waals surface area contributed by atoms with Crippen LogP contribution >= 0.6 is 34.8 Å². The van der Waals surface area contributed by atoms with Gasteiger partial charge in [0.15, 0.2) is 5.69 Å². The van der Waals surface area contributed by atoms with Gasteiger partial charge in [0, 0.05) is 12.7 Å². The van der Waals surface area contributed by atoms with Gasteiger partial charge in [0.1, 0.15) is 0 Å². The number of nitrogens with zero attached hydrogens (tertiary/aromatic N) is 4. The molecule has 26 heavy (non-hydrogen) atoms. The molecule has 0 fully saturated rings. The van der Waals surface area contributed by atoms with E-state index in [1.807, 2.05) is 0 Å². The molecule has 2 rings (SSSR count). The molecule has 0 N–H and O–H groups in total. The minimum Gasteiger partial charge on any atom is -0.333 e. The number of rotatable bonds is 5. The molecule has 0 saturated heterocycles. The third-order valence-corrected chi connectivity index (χ3v) is 4.55. The third-order valence-electron chi connectivity index (χ3n) is 3.35. The summed E-state index contributed by atoms with van der Waals surface area (Å²) in [5.74, 6) is 0. The average Bonchev–Trinajstić information content (AvgIpc) is 2.56. The second-order valence-electron chi connectivity index (χ2n) is 4.89. The first kappa shape index (κ1) is 19.6. The van der Waals surface area contributed by atoms with Gasteiger partial charge in [-0.15, -0.1) is 0 Å². The van der Waals surface area contributed by atoms with Crippen molar-refractivity contribution >= 4 is 63.2 Å². The van der Waals surface area contributed by atoms with Gasteiger partial charge in [-0.3, -0.25) is 30.3 Å². The van der Waals surface area contributed by atoms with Gasteiger partial charge in [-0.25, -0.2) is 0 Å². The van der Waals surface area contributed by atoms with E-state index in [2.05, 4.69) is 0 Å². The molecule has 0 saturated carbocycles. The van der Waals surface area contributed by atoms with E-state index in [0.717, 1.165) is 4.90 Å². The summed E-state index contributed by atoms with van der Waals surface area (Å²) in [6.45, 7) is 0. The molecule has 13 heteroatoms. The standard InChI is InChI=1S/C13H7Cl3N4O6/c1-17(6-2-8(14)12(16)9(15)3-6)13-10(19(23)24)4-7(18(21)22)5-11(13)20(25)26/h2-5H,1H3. The van der Waals surface area contributed by atoms with Crippen LogP contribution in [0.3, 0.4) is 0 Å². The van der Waals surface area contributed by atoms with Gasteiger partial charge in [0.05, 0.1) is 42.0 Å². The molecule has 0 aliphatic heterocycles. The van der Waals surface area contributed by atoms with E-state index in [0.29, 0.717) is 12.1 Å². The summed E-state index contributed by atoms with van der Waals surface area (Å²) in [6.07, 6.45) is 0. The van der Waals surface area contributed by atoms with Gasteiger partial charge in [-0.1, -0.05) is 34.8 Å². The number of benzene rings is 2. The molecule has 10 nitrogen and oxygen atoms in total. The molecular formula is C13H7Cl3N4O6. The summed E-state index contributed by atoms with van der Waals surface area (Å²) < 4.78 is 0. The number of anilines is 2. The summed E-state index contributed by atoms with van der Waals surface area (Å²) in [6, 6.07) is 3.87. The fourth-order valence-corrected chi connectivity index (χ4v) is 2.77. The van der Waals surface area contributed by atoms with Crippen LogP contribution in [0.1, 0.15) is 0 Å². The van der Waals surface area contributed by atoms with Gasteiger partial charge in [0.2, 0.25) is 0 Å². The second kappa shape index (κ2) is 7.28. The predicted octanol–water partition coefficient (Wildman–Crippen LogP) is 5.14. The smallest absolute Gasteiger partial charge is 0.306 e. The SMILES string of the molecule is CN(c1cc(Cl)c(Cl)c(Cl)c1)c1c([N+](=O)[O-])cc([N+](=O)[O-])cc1[N+](=O)[O-]. The van der Waals surface area contributed by atoms with Crippen LogP contribution in [0.5, 0.6) is 0 Å². The maximum absolute atomic E-state index is 11.4. The average molecular weight is 422 g/mol. The molecule has 0 aliphatic rings. The number of non-ortho nitro benzene ring substituents is 1. The molecular weight excluding hydrogens is 415 g/mol. The lowest BCUT2D eigenvalue weighted by molar-refractivity contribution is -0.402. The van der Waals surface area contributed by atoms with Crippen molar-refractivity contribution in [3.05, 3.63) is 69.7 Å². The number of nitro groups is 3. The number of hydrogen-bond donors (Lipinski definition) is 0. The zero-order valence-electron chi connectivity index (χ0n) is 12.7. The lowest BCUT2D eigenvalue weighted by Gasteiger charge is -2.20.